The number of halogens is 3. The third-order valence-corrected chi connectivity index (χ3v) is 0. The molecule has 3 heteroatoms. The van der Waals surface area contributed by atoms with E-state index in [1.165, 1.54) is 0 Å². The second-order valence-corrected chi connectivity index (χ2v) is 0.577. The van der Waals surface area contributed by atoms with E-state index in [-0.39, 0.29) is 0 Å². The second-order valence-electron chi connectivity index (χ2n) is 0.247. The van der Waals surface area contributed by atoms with E-state index in [2.05, 4.69) is 11.6 Å². The van der Waals surface area contributed by atoms with Gasteiger partial charge in [0.15, 0.2) is 0 Å². The van der Waals surface area contributed by atoms with Crippen LogP contribution >= 0.6 is 11.6 Å². The minimum absolute atomic E-state index is 2.69. The van der Waals surface area contributed by atoms with Crippen LogP contribution in [-0.2, 0) is 0 Å². The Hall–Kier alpha value is 0.150. The highest BCUT2D eigenvalue weighted by Crippen LogP contribution is 1.93. The van der Waals surface area contributed by atoms with Crippen LogP contribution in [0.3, 0.4) is 0 Å². The fraction of sp³-hybridized carbons (Fsp3) is 1.00. The van der Waals surface area contributed by atoms with Crippen molar-refractivity contribution in [3.8, 4) is 0 Å². The minimum Gasteiger partial charge on any atom is -0.192 e. The Kier molecular flexibility index (Phi) is 1.52. The highest BCUT2D eigenvalue weighted by molar-refractivity contribution is 6.18. The lowest BCUT2D eigenvalue weighted by Crippen LogP contribution is -1.62. The molecular weight excluding hydrogens is 86.5 g/mol. The molecule has 0 unspecified atom stereocenters. The highest BCUT2D eigenvalue weighted by atomic mass is 35.5. The van der Waals surface area contributed by atoms with Crippen LogP contribution in [0.1, 0.15) is 0 Å². The molecule has 4 heavy (non-hydrogen) atoms. The molecule has 0 N–H and O–H groups in total. The van der Waals surface area contributed by atoms with Gasteiger partial charge in [-0.25, -0.2) is 0 Å². The second kappa shape index (κ2) is 1.47. The van der Waals surface area contributed by atoms with Crippen molar-refractivity contribution in [2.24, 2.45) is 0 Å². The summed E-state index contributed by atoms with van der Waals surface area (Å²) in [5.41, 5.74) is 0. The van der Waals surface area contributed by atoms with Crippen molar-refractivity contribution < 1.29 is 8.78 Å². The van der Waals surface area contributed by atoms with Crippen LogP contribution < -0.4 is 0 Å². The van der Waals surface area contributed by atoms with Crippen LogP contribution in [0.25, 0.3) is 0 Å². The molecule has 0 spiro atoms. The van der Waals surface area contributed by atoms with Crippen molar-refractivity contribution in [2.45, 2.75) is 5.88 Å². The summed E-state index contributed by atoms with van der Waals surface area (Å²) >= 11 is 3.94. The maximum absolute atomic E-state index is 10.1. The van der Waals surface area contributed by atoms with Gasteiger partial charge in [-0.1, -0.05) is 11.6 Å². The summed E-state index contributed by atoms with van der Waals surface area (Å²) in [6.45, 7) is 0. The van der Waals surface area contributed by atoms with E-state index >= 15 is 0 Å². The molecule has 0 aromatic carbocycles. The number of rotatable bonds is 0. The third-order valence-electron chi connectivity index (χ3n) is 0. The average molecular weight is 87.5 g/mol. The Morgan fingerprint density at radius 1 is 1.50 bits per heavy atom. The summed E-state index contributed by atoms with van der Waals surface area (Å²) < 4.78 is 20.2. The first-order valence-electron chi connectivity index (χ1n) is 0.655. The first-order chi connectivity index (χ1) is 1.73. The Bertz CT molecular complexity index is 10.8. The number of hydrogen-bond donors (Lipinski definition) is 0. The molecule has 0 saturated heterocycles. The molecule has 0 amide bonds. The van der Waals surface area contributed by atoms with Crippen LogP contribution in [0.2, 0.25) is 0 Å². The van der Waals surface area contributed by atoms with Crippen molar-refractivity contribution in [1.29, 1.82) is 0 Å². The van der Waals surface area contributed by atoms with E-state index in [9.17, 15) is 8.78 Å². The van der Waals surface area contributed by atoms with Gasteiger partial charge in [-0.05, 0) is 0 Å². The summed E-state index contributed by atoms with van der Waals surface area (Å²) in [5.74, 6) is -2.69. The van der Waals surface area contributed by atoms with E-state index in [1.54, 1.807) is 0 Å². The normalized spacial score (nSPS) is 9.00. The molecule has 0 aliphatic heterocycles. The van der Waals surface area contributed by atoms with Crippen LogP contribution in [-0.4, -0.2) is 5.88 Å². The standard InChI is InChI=1S/CHClF2/c2-1(3)4/h1H/i1+1. The fourth-order valence-corrected chi connectivity index (χ4v) is 0. The molecule has 0 aliphatic rings. The van der Waals surface area contributed by atoms with Gasteiger partial charge in [0.05, 0.1) is 0 Å². The zero-order chi connectivity index (χ0) is 3.58. The zero-order valence-corrected chi connectivity index (χ0v) is 2.47. The topological polar surface area (TPSA) is 0 Å². The van der Waals surface area contributed by atoms with E-state index in [0.29, 0.717) is 0 Å². The van der Waals surface area contributed by atoms with Gasteiger partial charge in [0.25, 0.3) is 0 Å². The first-order valence-corrected chi connectivity index (χ1v) is 1.09. The molecule has 0 aromatic heterocycles. The quantitative estimate of drug-likeness (QED) is 0.310. The lowest BCUT2D eigenvalue weighted by molar-refractivity contribution is 0.243. The molecule has 0 atom stereocenters. The van der Waals surface area contributed by atoms with Crippen LogP contribution in [0.15, 0.2) is 0 Å². The Morgan fingerprint density at radius 2 is 1.50 bits per heavy atom. The van der Waals surface area contributed by atoms with Gasteiger partial charge in [-0.15, -0.1) is 0 Å². The summed E-state index contributed by atoms with van der Waals surface area (Å²) in [4.78, 5) is 0. The Balaban J connectivity index is 2.32. The van der Waals surface area contributed by atoms with Crippen molar-refractivity contribution >= 4 is 11.6 Å². The maximum Gasteiger partial charge on any atom is 0.312 e. The predicted molar refractivity (Wildman–Crippen MR) is 11.9 cm³/mol. The van der Waals surface area contributed by atoms with Gasteiger partial charge in [0, 0.05) is 0 Å². The molecule has 0 radical (unpaired) electrons. The zero-order valence-electron chi connectivity index (χ0n) is 1.71. The summed E-state index contributed by atoms with van der Waals surface area (Å²) in [7, 11) is 0. The van der Waals surface area contributed by atoms with Crippen LogP contribution in [0.4, 0.5) is 8.78 Å². The monoisotopic (exact) mass is 87.0 g/mol. The SMILES string of the molecule is F[13CH](F)Cl. The first kappa shape index (κ1) is 4.15. The summed E-state index contributed by atoms with van der Waals surface area (Å²) in [5, 5.41) is 0. The van der Waals surface area contributed by atoms with Crippen LogP contribution in [0.5, 0.6) is 0 Å². The van der Waals surface area contributed by atoms with Gasteiger partial charge in [0.2, 0.25) is 0 Å². The lowest BCUT2D eigenvalue weighted by atomic mass is 12.6. The van der Waals surface area contributed by atoms with Crippen LogP contribution in [0, 0.1) is 0 Å². The Morgan fingerprint density at radius 3 is 1.50 bits per heavy atom. The lowest BCUT2D eigenvalue weighted by Gasteiger charge is -1.66. The number of hydrogen-bond acceptors (Lipinski definition) is 0. The number of alkyl halides is 3. The molecule has 0 rings (SSSR count). The molecular formula is CHClF2. The minimum atomic E-state index is -2.69. The summed E-state index contributed by atoms with van der Waals surface area (Å²) in [6, 6.07) is 0. The molecule has 26 valence electrons. The third kappa shape index (κ3) is 126. The van der Waals surface area contributed by atoms with E-state index in [0.717, 1.165) is 0 Å². The molecule has 0 heterocycles. The predicted octanol–water partition coefficient (Wildman–Crippen LogP) is 1.45. The van der Waals surface area contributed by atoms with Crippen molar-refractivity contribution in [1.82, 2.24) is 0 Å². The largest absolute Gasteiger partial charge is 0.312 e. The molecule has 0 nitrogen and oxygen atoms in total. The molecule has 0 aromatic rings. The van der Waals surface area contributed by atoms with Gasteiger partial charge >= 0.3 is 5.88 Å². The van der Waals surface area contributed by atoms with Gasteiger partial charge in [-0.2, -0.15) is 8.78 Å². The van der Waals surface area contributed by atoms with E-state index < -0.39 is 5.88 Å². The van der Waals surface area contributed by atoms with Crippen molar-refractivity contribution in [3.05, 3.63) is 0 Å². The van der Waals surface area contributed by atoms with E-state index in [4.69, 9.17) is 0 Å². The maximum atomic E-state index is 10.1. The van der Waals surface area contributed by atoms with Crippen molar-refractivity contribution in [3.63, 3.8) is 0 Å². The fourth-order valence-electron chi connectivity index (χ4n) is 0. The van der Waals surface area contributed by atoms with Gasteiger partial charge in [0.1, 0.15) is 0 Å². The van der Waals surface area contributed by atoms with Gasteiger partial charge < -0.3 is 0 Å². The average Bonchev–Trinajstić information content (AvgIpc) is 0.811. The summed E-state index contributed by atoms with van der Waals surface area (Å²) in [6.07, 6.45) is 0. The van der Waals surface area contributed by atoms with Crippen molar-refractivity contribution in [2.75, 3.05) is 0 Å². The molecule has 0 fully saturated rings. The highest BCUT2D eigenvalue weighted by Gasteiger charge is 1.83. The molecule has 0 saturated carbocycles. The molecule has 0 aliphatic carbocycles. The smallest absolute Gasteiger partial charge is 0.192 e. The molecule has 0 bridgehead atoms. The van der Waals surface area contributed by atoms with Gasteiger partial charge in [-0.3, -0.25) is 0 Å². The van der Waals surface area contributed by atoms with E-state index in [1.807, 2.05) is 0 Å². The Labute approximate surface area is 27.4 Å².